The molecule has 1 aromatic rings. The summed E-state index contributed by atoms with van der Waals surface area (Å²) in [5.74, 6) is 1.66. The molecule has 1 aromatic carbocycles. The van der Waals surface area contributed by atoms with Gasteiger partial charge in [0.25, 0.3) is 0 Å². The minimum Gasteiger partial charge on any atom is -0.497 e. The summed E-state index contributed by atoms with van der Waals surface area (Å²) in [6.45, 7) is 9.43. The van der Waals surface area contributed by atoms with Crippen LogP contribution in [-0.4, -0.2) is 36.0 Å². The fourth-order valence-electron chi connectivity index (χ4n) is 2.22. The second-order valence-electron chi connectivity index (χ2n) is 5.58. The van der Waals surface area contributed by atoms with Crippen molar-refractivity contribution in [3.05, 3.63) is 64.7 Å². The van der Waals surface area contributed by atoms with Gasteiger partial charge < -0.3 is 14.8 Å². The van der Waals surface area contributed by atoms with Crippen molar-refractivity contribution in [2.45, 2.75) is 20.3 Å². The Bertz CT molecular complexity index is 667. The first kappa shape index (κ1) is 22.4. The van der Waals surface area contributed by atoms with Crippen LogP contribution in [0.15, 0.2) is 59.2 Å². The van der Waals surface area contributed by atoms with E-state index in [-0.39, 0.29) is 5.78 Å². The first-order valence-electron chi connectivity index (χ1n) is 8.50. The van der Waals surface area contributed by atoms with Gasteiger partial charge in [-0.15, -0.1) is 0 Å². The molecule has 0 saturated heterocycles. The van der Waals surface area contributed by atoms with Crippen molar-refractivity contribution in [3.63, 3.8) is 0 Å². The summed E-state index contributed by atoms with van der Waals surface area (Å²) < 4.78 is 7.23. The Labute approximate surface area is 166 Å². The number of Topliss-reactive ketones (excluding diaryl/α,β-unsaturated/α-hetero) is 1. The quantitative estimate of drug-likeness (QED) is 0.425. The van der Waals surface area contributed by atoms with E-state index >= 15 is 0 Å². The molecule has 26 heavy (non-hydrogen) atoms. The molecule has 1 aliphatic rings. The van der Waals surface area contributed by atoms with Crippen molar-refractivity contribution >= 4 is 30.4 Å². The van der Waals surface area contributed by atoms with E-state index in [1.165, 1.54) is 11.9 Å². The van der Waals surface area contributed by atoms with Crippen LogP contribution < -0.4 is 10.5 Å². The second kappa shape index (κ2) is 11.9. The van der Waals surface area contributed by atoms with E-state index in [9.17, 15) is 4.79 Å². The monoisotopic (exact) mass is 392 g/mol. The van der Waals surface area contributed by atoms with Gasteiger partial charge in [0.1, 0.15) is 5.75 Å². The maximum Gasteiger partial charge on any atom is 0.201 e. The molecular weight excluding hydrogens is 364 g/mol. The van der Waals surface area contributed by atoms with Crippen molar-refractivity contribution in [1.29, 1.82) is 0 Å². The summed E-state index contributed by atoms with van der Waals surface area (Å²) in [6.07, 6.45) is 4.69. The van der Waals surface area contributed by atoms with Gasteiger partial charge in [0.05, 0.1) is 12.0 Å². The van der Waals surface area contributed by atoms with Gasteiger partial charge in [-0.1, -0.05) is 13.5 Å². The zero-order chi connectivity index (χ0) is 19.5. The zero-order valence-electron chi connectivity index (χ0n) is 15.7. The lowest BCUT2D eigenvalue weighted by atomic mass is 10.1. The van der Waals surface area contributed by atoms with Crippen LogP contribution in [0.1, 0.15) is 30.6 Å². The van der Waals surface area contributed by atoms with Crippen LogP contribution in [0.4, 0.5) is 0 Å². The average Bonchev–Trinajstić information content (AvgIpc) is 2.77. The predicted octanol–water partition coefficient (Wildman–Crippen LogP) is 4.47. The number of hydrogen-bond acceptors (Lipinski definition) is 6. The molecule has 0 radical (unpaired) electrons. The summed E-state index contributed by atoms with van der Waals surface area (Å²) in [6, 6.07) is 7.14. The van der Waals surface area contributed by atoms with E-state index < -0.39 is 0 Å². The SMILES string of the molecule is C=C1C=C(C(=O)c2ccc(OC)cc2)SN(CCCN)C(C)=C1.CCS. The smallest absolute Gasteiger partial charge is 0.201 e. The molecule has 1 aliphatic heterocycles. The van der Waals surface area contributed by atoms with E-state index in [0.29, 0.717) is 17.0 Å². The first-order chi connectivity index (χ1) is 12.5. The lowest BCUT2D eigenvalue weighted by Crippen LogP contribution is -2.18. The summed E-state index contributed by atoms with van der Waals surface area (Å²) in [4.78, 5) is 13.4. The van der Waals surface area contributed by atoms with Crippen LogP contribution in [0.25, 0.3) is 0 Å². The number of rotatable bonds is 6. The van der Waals surface area contributed by atoms with E-state index in [0.717, 1.165) is 35.7 Å². The van der Waals surface area contributed by atoms with Gasteiger partial charge in [0.2, 0.25) is 5.78 Å². The molecule has 142 valence electrons. The third-order valence-corrected chi connectivity index (χ3v) is 4.64. The fraction of sp³-hybridized carbons (Fsp3) is 0.350. The van der Waals surface area contributed by atoms with Crippen molar-refractivity contribution in [2.75, 3.05) is 26.0 Å². The van der Waals surface area contributed by atoms with Crippen LogP contribution in [0.2, 0.25) is 0 Å². The number of thiol groups is 1. The summed E-state index contributed by atoms with van der Waals surface area (Å²) in [7, 11) is 1.61. The highest BCUT2D eigenvalue weighted by atomic mass is 32.2. The molecular formula is C20H28N2O2S2. The van der Waals surface area contributed by atoms with Crippen LogP contribution in [0.3, 0.4) is 0 Å². The molecule has 0 saturated carbocycles. The highest BCUT2D eigenvalue weighted by Gasteiger charge is 2.20. The molecule has 0 aliphatic carbocycles. The normalized spacial score (nSPS) is 13.9. The average molecular weight is 393 g/mol. The van der Waals surface area contributed by atoms with Crippen molar-refractivity contribution < 1.29 is 9.53 Å². The van der Waals surface area contributed by atoms with Gasteiger partial charge in [0.15, 0.2) is 0 Å². The molecule has 2 N–H and O–H groups in total. The van der Waals surface area contributed by atoms with Crippen LogP contribution in [0, 0.1) is 0 Å². The van der Waals surface area contributed by atoms with E-state index in [4.69, 9.17) is 10.5 Å². The molecule has 0 fully saturated rings. The van der Waals surface area contributed by atoms with Gasteiger partial charge in [0, 0.05) is 17.8 Å². The van der Waals surface area contributed by atoms with Gasteiger partial charge in [-0.25, -0.2) is 0 Å². The highest BCUT2D eigenvalue weighted by molar-refractivity contribution is 8.02. The second-order valence-corrected chi connectivity index (χ2v) is 7.27. The lowest BCUT2D eigenvalue weighted by molar-refractivity contribution is 0.104. The molecule has 1 heterocycles. The Morgan fingerprint density at radius 2 is 1.92 bits per heavy atom. The predicted molar refractivity (Wildman–Crippen MR) is 116 cm³/mol. The number of carbonyl (C=O) groups excluding carboxylic acids is 1. The molecule has 0 amide bonds. The highest BCUT2D eigenvalue weighted by Crippen LogP contribution is 2.33. The van der Waals surface area contributed by atoms with Crippen molar-refractivity contribution in [2.24, 2.45) is 5.73 Å². The van der Waals surface area contributed by atoms with E-state index in [2.05, 4.69) is 23.5 Å². The zero-order valence-corrected chi connectivity index (χ0v) is 17.4. The third kappa shape index (κ3) is 6.94. The fourth-order valence-corrected chi connectivity index (χ4v) is 3.28. The van der Waals surface area contributed by atoms with Crippen LogP contribution >= 0.6 is 24.6 Å². The molecule has 2 rings (SSSR count). The Kier molecular flexibility index (Phi) is 10.2. The minimum atomic E-state index is -0.0142. The van der Waals surface area contributed by atoms with Gasteiger partial charge >= 0.3 is 0 Å². The number of benzene rings is 1. The standard InChI is InChI=1S/C18H22N2O2S.C2H6S/c1-13-11-14(2)20(10-4-9-19)23-17(12-13)18(21)15-5-7-16(22-3)8-6-15;1-2-3/h5-8,11-12H,1,4,9-10,19H2,2-3H3;3H,2H2,1H3. The lowest BCUT2D eigenvalue weighted by Gasteiger charge is -2.23. The number of hydrogen-bond donors (Lipinski definition) is 2. The molecule has 0 spiro atoms. The molecule has 0 bridgehead atoms. The topological polar surface area (TPSA) is 55.6 Å². The number of ether oxygens (including phenoxy) is 1. The Hall–Kier alpha value is -1.63. The molecule has 0 aromatic heterocycles. The van der Waals surface area contributed by atoms with Gasteiger partial charge in [-0.3, -0.25) is 4.79 Å². The number of methoxy groups -OCH3 is 1. The minimum absolute atomic E-state index is 0.0142. The maximum absolute atomic E-state index is 12.8. The molecule has 0 unspecified atom stereocenters. The van der Waals surface area contributed by atoms with E-state index in [1.807, 2.05) is 26.0 Å². The summed E-state index contributed by atoms with van der Waals surface area (Å²) in [5, 5.41) is 0. The van der Waals surface area contributed by atoms with E-state index in [1.54, 1.807) is 31.4 Å². The molecule has 6 heteroatoms. The maximum atomic E-state index is 12.8. The Morgan fingerprint density at radius 1 is 1.31 bits per heavy atom. The largest absolute Gasteiger partial charge is 0.497 e. The van der Waals surface area contributed by atoms with Gasteiger partial charge in [-0.2, -0.15) is 12.6 Å². The number of allylic oxidation sites excluding steroid dienone is 5. The van der Waals surface area contributed by atoms with Crippen LogP contribution in [-0.2, 0) is 0 Å². The summed E-state index contributed by atoms with van der Waals surface area (Å²) in [5.41, 5.74) is 8.13. The van der Waals surface area contributed by atoms with Gasteiger partial charge in [-0.05, 0) is 79.6 Å². The number of nitrogens with zero attached hydrogens (tertiary/aromatic N) is 1. The first-order valence-corrected chi connectivity index (χ1v) is 9.91. The molecule has 4 nitrogen and oxygen atoms in total. The Morgan fingerprint density at radius 3 is 2.46 bits per heavy atom. The van der Waals surface area contributed by atoms with Crippen molar-refractivity contribution in [3.8, 4) is 5.75 Å². The Balaban J connectivity index is 0.00000105. The van der Waals surface area contributed by atoms with Crippen molar-refractivity contribution in [1.82, 2.24) is 4.31 Å². The number of ketones is 1. The third-order valence-electron chi connectivity index (χ3n) is 3.45. The summed E-state index contributed by atoms with van der Waals surface area (Å²) >= 11 is 5.23. The molecule has 0 atom stereocenters. The number of carbonyl (C=O) groups is 1. The van der Waals surface area contributed by atoms with Crippen LogP contribution in [0.5, 0.6) is 5.75 Å². The number of nitrogens with two attached hydrogens (primary N) is 1.